The zero-order chi connectivity index (χ0) is 19.5. The standard InChI is InChI=1S/C24H26N2O2/c1-14-9-16-12-24(2,13-17(16)10-14)18-6-3-5-15(11-18)22-25-20-8-4-7-19(23(27)28)21(20)26-22/h3-8,11,14,16-17H,9-10,12-13H2,1-2H3,(H,25,26)(H,27,28). The first-order valence-corrected chi connectivity index (χ1v) is 10.3. The minimum atomic E-state index is -0.948. The van der Waals surface area contributed by atoms with Gasteiger partial charge in [0.1, 0.15) is 11.3 Å². The lowest BCUT2D eigenvalue weighted by molar-refractivity contribution is 0.0699. The highest BCUT2D eigenvalue weighted by atomic mass is 16.4. The van der Waals surface area contributed by atoms with E-state index < -0.39 is 5.97 Å². The van der Waals surface area contributed by atoms with E-state index in [2.05, 4.69) is 48.1 Å². The maximum Gasteiger partial charge on any atom is 0.337 e. The molecular weight excluding hydrogens is 348 g/mol. The number of para-hydroxylation sites is 1. The van der Waals surface area contributed by atoms with Gasteiger partial charge in [0.25, 0.3) is 0 Å². The summed E-state index contributed by atoms with van der Waals surface area (Å²) >= 11 is 0. The SMILES string of the molecule is CC1CC2CC(C)(c3cccc(-c4nc5c(C(=O)O)cccc5[nH]4)c3)CC2C1. The van der Waals surface area contributed by atoms with Gasteiger partial charge in [0, 0.05) is 5.56 Å². The van der Waals surface area contributed by atoms with Gasteiger partial charge in [0.05, 0.1) is 11.1 Å². The van der Waals surface area contributed by atoms with E-state index in [0.29, 0.717) is 5.52 Å². The van der Waals surface area contributed by atoms with Crippen molar-refractivity contribution in [1.82, 2.24) is 9.97 Å². The van der Waals surface area contributed by atoms with Crippen molar-refractivity contribution in [2.75, 3.05) is 0 Å². The van der Waals surface area contributed by atoms with Crippen molar-refractivity contribution in [3.8, 4) is 11.4 Å². The van der Waals surface area contributed by atoms with Crippen LogP contribution in [0.25, 0.3) is 22.4 Å². The molecule has 144 valence electrons. The summed E-state index contributed by atoms with van der Waals surface area (Å²) in [6.45, 7) is 4.81. The van der Waals surface area contributed by atoms with Gasteiger partial charge in [0.2, 0.25) is 0 Å². The normalized spacial score (nSPS) is 29.3. The smallest absolute Gasteiger partial charge is 0.337 e. The number of fused-ring (bicyclic) bond motifs is 2. The summed E-state index contributed by atoms with van der Waals surface area (Å²) in [6.07, 6.45) is 5.30. The number of carboxylic acids is 1. The average Bonchev–Trinajstić information content (AvgIpc) is 3.32. The molecular formula is C24H26N2O2. The van der Waals surface area contributed by atoms with Gasteiger partial charge in [-0.05, 0) is 72.6 Å². The summed E-state index contributed by atoms with van der Waals surface area (Å²) in [5, 5.41) is 9.43. The first-order chi connectivity index (χ1) is 13.4. The number of nitrogens with one attached hydrogen (secondary N) is 1. The Bertz CT molecular complexity index is 1050. The Morgan fingerprint density at radius 3 is 2.57 bits per heavy atom. The van der Waals surface area contributed by atoms with E-state index in [1.54, 1.807) is 12.1 Å². The highest BCUT2D eigenvalue weighted by Crippen LogP contribution is 2.55. The molecule has 0 amide bonds. The molecule has 2 aliphatic carbocycles. The minimum absolute atomic E-state index is 0.226. The van der Waals surface area contributed by atoms with Crippen LogP contribution < -0.4 is 0 Å². The summed E-state index contributed by atoms with van der Waals surface area (Å²) in [5.74, 6) is 2.41. The molecule has 0 saturated heterocycles. The van der Waals surface area contributed by atoms with Crippen LogP contribution in [-0.2, 0) is 5.41 Å². The molecule has 4 nitrogen and oxygen atoms in total. The van der Waals surface area contributed by atoms with Crippen molar-refractivity contribution in [3.05, 3.63) is 53.6 Å². The number of nitrogens with zero attached hydrogens (tertiary/aromatic N) is 1. The fourth-order valence-electron chi connectivity index (χ4n) is 5.87. The Morgan fingerprint density at radius 1 is 1.14 bits per heavy atom. The molecule has 3 aromatic rings. The highest BCUT2D eigenvalue weighted by molar-refractivity contribution is 6.01. The van der Waals surface area contributed by atoms with E-state index in [0.717, 1.165) is 34.7 Å². The number of H-pyrrole nitrogens is 1. The van der Waals surface area contributed by atoms with Crippen molar-refractivity contribution in [1.29, 1.82) is 0 Å². The van der Waals surface area contributed by atoms with Gasteiger partial charge >= 0.3 is 5.97 Å². The molecule has 2 N–H and O–H groups in total. The maximum atomic E-state index is 11.5. The topological polar surface area (TPSA) is 66.0 Å². The lowest BCUT2D eigenvalue weighted by Crippen LogP contribution is -2.19. The van der Waals surface area contributed by atoms with E-state index in [4.69, 9.17) is 0 Å². The summed E-state index contributed by atoms with van der Waals surface area (Å²) in [5.41, 5.74) is 4.15. The van der Waals surface area contributed by atoms with Gasteiger partial charge in [-0.15, -0.1) is 0 Å². The average molecular weight is 374 g/mol. The Morgan fingerprint density at radius 2 is 1.86 bits per heavy atom. The summed E-state index contributed by atoms with van der Waals surface area (Å²) in [7, 11) is 0. The van der Waals surface area contributed by atoms with Crippen molar-refractivity contribution in [3.63, 3.8) is 0 Å². The first kappa shape index (κ1) is 17.5. The molecule has 2 aliphatic rings. The van der Waals surface area contributed by atoms with Gasteiger partial charge in [-0.3, -0.25) is 0 Å². The molecule has 2 saturated carbocycles. The van der Waals surface area contributed by atoms with Crippen LogP contribution >= 0.6 is 0 Å². The number of aromatic carboxylic acids is 1. The molecule has 0 spiro atoms. The van der Waals surface area contributed by atoms with E-state index in [1.807, 2.05) is 6.07 Å². The van der Waals surface area contributed by atoms with E-state index >= 15 is 0 Å². The van der Waals surface area contributed by atoms with Crippen LogP contribution in [0.2, 0.25) is 0 Å². The van der Waals surface area contributed by atoms with Crippen molar-refractivity contribution < 1.29 is 9.90 Å². The number of imidazole rings is 1. The van der Waals surface area contributed by atoms with Gasteiger partial charge in [-0.1, -0.05) is 38.1 Å². The first-order valence-electron chi connectivity index (χ1n) is 10.3. The number of aromatic nitrogens is 2. The fraction of sp³-hybridized carbons (Fsp3) is 0.417. The number of aromatic amines is 1. The van der Waals surface area contributed by atoms with E-state index in [-0.39, 0.29) is 11.0 Å². The maximum absolute atomic E-state index is 11.5. The van der Waals surface area contributed by atoms with Crippen molar-refractivity contribution in [2.24, 2.45) is 17.8 Å². The molecule has 1 aromatic heterocycles. The molecule has 0 aliphatic heterocycles. The lowest BCUT2D eigenvalue weighted by Gasteiger charge is -2.27. The van der Waals surface area contributed by atoms with Crippen LogP contribution in [0.3, 0.4) is 0 Å². The van der Waals surface area contributed by atoms with E-state index in [1.165, 1.54) is 31.2 Å². The van der Waals surface area contributed by atoms with Gasteiger partial charge in [0.15, 0.2) is 0 Å². The number of carbonyl (C=O) groups is 1. The molecule has 2 atom stereocenters. The molecule has 2 fully saturated rings. The van der Waals surface area contributed by atoms with Crippen LogP contribution in [0.5, 0.6) is 0 Å². The number of carboxylic acid groups (broad SMARTS) is 1. The predicted octanol–water partition coefficient (Wildman–Crippen LogP) is 5.64. The third-order valence-corrected chi connectivity index (χ3v) is 7.08. The molecule has 5 rings (SSSR count). The predicted molar refractivity (Wildman–Crippen MR) is 110 cm³/mol. The van der Waals surface area contributed by atoms with Crippen molar-refractivity contribution in [2.45, 2.75) is 44.9 Å². The minimum Gasteiger partial charge on any atom is -0.478 e. The number of benzene rings is 2. The molecule has 2 aromatic carbocycles. The zero-order valence-electron chi connectivity index (χ0n) is 16.4. The Balaban J connectivity index is 1.51. The van der Waals surface area contributed by atoms with Crippen LogP contribution in [-0.4, -0.2) is 21.0 Å². The fourth-order valence-corrected chi connectivity index (χ4v) is 5.87. The van der Waals surface area contributed by atoms with E-state index in [9.17, 15) is 9.90 Å². The second-order valence-electron chi connectivity index (χ2n) is 9.24. The van der Waals surface area contributed by atoms with Crippen LogP contribution in [0.15, 0.2) is 42.5 Å². The number of rotatable bonds is 3. The van der Waals surface area contributed by atoms with Gasteiger partial charge < -0.3 is 10.1 Å². The second kappa shape index (κ2) is 6.20. The highest BCUT2D eigenvalue weighted by Gasteiger charge is 2.46. The summed E-state index contributed by atoms with van der Waals surface area (Å²) < 4.78 is 0. The Hall–Kier alpha value is -2.62. The molecule has 2 unspecified atom stereocenters. The monoisotopic (exact) mass is 374 g/mol. The van der Waals surface area contributed by atoms with Crippen LogP contribution in [0.1, 0.15) is 55.5 Å². The van der Waals surface area contributed by atoms with Gasteiger partial charge in [-0.25, -0.2) is 9.78 Å². The molecule has 4 heteroatoms. The largest absolute Gasteiger partial charge is 0.478 e. The summed E-state index contributed by atoms with van der Waals surface area (Å²) in [4.78, 5) is 19.4. The number of hydrogen-bond donors (Lipinski definition) is 2. The Labute approximate surface area is 165 Å². The quantitative estimate of drug-likeness (QED) is 0.623. The molecule has 0 radical (unpaired) electrons. The summed E-state index contributed by atoms with van der Waals surface area (Å²) in [6, 6.07) is 13.9. The second-order valence-corrected chi connectivity index (χ2v) is 9.24. The zero-order valence-corrected chi connectivity index (χ0v) is 16.4. The molecule has 1 heterocycles. The Kier molecular flexibility index (Phi) is 3.87. The molecule has 0 bridgehead atoms. The van der Waals surface area contributed by atoms with Crippen LogP contribution in [0, 0.1) is 17.8 Å². The van der Waals surface area contributed by atoms with Crippen molar-refractivity contribution >= 4 is 17.0 Å². The third-order valence-electron chi connectivity index (χ3n) is 7.08. The van der Waals surface area contributed by atoms with Crippen LogP contribution in [0.4, 0.5) is 0 Å². The number of hydrogen-bond acceptors (Lipinski definition) is 2. The third kappa shape index (κ3) is 2.74. The lowest BCUT2D eigenvalue weighted by atomic mass is 9.78. The molecule has 28 heavy (non-hydrogen) atoms. The van der Waals surface area contributed by atoms with Gasteiger partial charge in [-0.2, -0.15) is 0 Å².